The molecule has 114 valence electrons. The molecule has 0 aromatic carbocycles. The van der Waals surface area contributed by atoms with Crippen molar-refractivity contribution in [3.05, 3.63) is 0 Å². The molecule has 0 amide bonds. The fraction of sp³-hybridized carbons (Fsp3) is 1.00. The largest absolute Gasteiger partial charge is 0.308 e. The van der Waals surface area contributed by atoms with Gasteiger partial charge in [-0.05, 0) is 38.9 Å². The molecule has 1 rings (SSSR count). The van der Waals surface area contributed by atoms with Crippen molar-refractivity contribution in [3.63, 3.8) is 0 Å². The van der Waals surface area contributed by atoms with Gasteiger partial charge in [0.25, 0.3) is 0 Å². The summed E-state index contributed by atoms with van der Waals surface area (Å²) in [6, 6.07) is 0.678. The van der Waals surface area contributed by atoms with E-state index in [0.717, 1.165) is 12.5 Å². The highest BCUT2D eigenvalue weighted by Crippen LogP contribution is 2.30. The first-order chi connectivity index (χ1) is 8.79. The minimum atomic E-state index is 0.333. The molecule has 0 saturated carbocycles. The Hall–Kier alpha value is 0.270. The zero-order chi connectivity index (χ0) is 14.7. The van der Waals surface area contributed by atoms with E-state index in [0.29, 0.717) is 16.3 Å². The quantitative estimate of drug-likeness (QED) is 0.803. The molecule has 0 bridgehead atoms. The molecule has 1 aliphatic rings. The lowest BCUT2D eigenvalue weighted by Crippen LogP contribution is -2.66. The van der Waals surface area contributed by atoms with Crippen LogP contribution in [0.2, 0.25) is 0 Å². The van der Waals surface area contributed by atoms with E-state index in [1.54, 1.807) is 0 Å². The van der Waals surface area contributed by atoms with Crippen LogP contribution in [0.25, 0.3) is 0 Å². The Morgan fingerprint density at radius 2 is 1.89 bits per heavy atom. The van der Waals surface area contributed by atoms with Gasteiger partial charge in [-0.2, -0.15) is 11.8 Å². The highest BCUT2D eigenvalue weighted by Gasteiger charge is 2.39. The van der Waals surface area contributed by atoms with Gasteiger partial charge in [-0.15, -0.1) is 0 Å². The fourth-order valence-electron chi connectivity index (χ4n) is 3.12. The first-order valence-electron chi connectivity index (χ1n) is 7.83. The lowest BCUT2D eigenvalue weighted by Gasteiger charge is -2.50. The van der Waals surface area contributed by atoms with Crippen molar-refractivity contribution in [2.75, 3.05) is 25.9 Å². The van der Waals surface area contributed by atoms with E-state index in [2.05, 4.69) is 58.0 Å². The zero-order valence-electron chi connectivity index (χ0n) is 14.0. The molecule has 3 heteroatoms. The molecule has 1 heterocycles. The van der Waals surface area contributed by atoms with E-state index in [-0.39, 0.29) is 0 Å². The average Bonchev–Trinajstić information content (AvgIpc) is 2.37. The summed E-state index contributed by atoms with van der Waals surface area (Å²) < 4.78 is 0.345. The summed E-state index contributed by atoms with van der Waals surface area (Å²) in [7, 11) is 0. The Labute approximate surface area is 125 Å². The van der Waals surface area contributed by atoms with Gasteiger partial charge < -0.3 is 5.32 Å². The monoisotopic (exact) mass is 286 g/mol. The van der Waals surface area contributed by atoms with Crippen LogP contribution in [0, 0.1) is 5.92 Å². The van der Waals surface area contributed by atoms with Crippen molar-refractivity contribution in [3.8, 4) is 0 Å². The smallest absolute Gasteiger partial charge is 0.0304 e. The van der Waals surface area contributed by atoms with Crippen LogP contribution in [0.4, 0.5) is 0 Å². The van der Waals surface area contributed by atoms with Crippen molar-refractivity contribution in [2.24, 2.45) is 5.92 Å². The van der Waals surface area contributed by atoms with Gasteiger partial charge in [0.1, 0.15) is 0 Å². The maximum atomic E-state index is 3.85. The van der Waals surface area contributed by atoms with Crippen molar-refractivity contribution < 1.29 is 0 Å². The highest BCUT2D eigenvalue weighted by molar-refractivity contribution is 7.99. The highest BCUT2D eigenvalue weighted by atomic mass is 32.2. The summed E-state index contributed by atoms with van der Waals surface area (Å²) in [5.74, 6) is 0.719. The minimum absolute atomic E-state index is 0.333. The van der Waals surface area contributed by atoms with Crippen molar-refractivity contribution in [1.82, 2.24) is 10.2 Å². The van der Waals surface area contributed by atoms with Crippen LogP contribution in [-0.4, -0.2) is 47.1 Å². The maximum absolute atomic E-state index is 3.85. The topological polar surface area (TPSA) is 15.3 Å². The van der Waals surface area contributed by atoms with Crippen molar-refractivity contribution >= 4 is 11.8 Å². The number of rotatable bonds is 6. The molecule has 19 heavy (non-hydrogen) atoms. The SMILES string of the molecule is CCC1(CC)CN(CC(C)(C)SC)C(C(C)C)CN1. The Balaban J connectivity index is 2.85. The Morgan fingerprint density at radius 1 is 1.32 bits per heavy atom. The fourth-order valence-corrected chi connectivity index (χ4v) is 3.41. The van der Waals surface area contributed by atoms with Gasteiger partial charge in [-0.25, -0.2) is 0 Å². The molecule has 1 unspecified atom stereocenters. The number of piperazine rings is 1. The maximum Gasteiger partial charge on any atom is 0.0304 e. The van der Waals surface area contributed by atoms with Gasteiger partial charge in [0.2, 0.25) is 0 Å². The van der Waals surface area contributed by atoms with Crippen molar-refractivity contribution in [1.29, 1.82) is 0 Å². The molecule has 0 aromatic rings. The zero-order valence-corrected chi connectivity index (χ0v) is 14.9. The van der Waals surface area contributed by atoms with Crippen LogP contribution in [0.5, 0.6) is 0 Å². The van der Waals surface area contributed by atoms with Crippen LogP contribution in [0.15, 0.2) is 0 Å². The normalized spacial score (nSPS) is 24.9. The Bertz CT molecular complexity index is 272. The molecule has 1 N–H and O–H groups in total. The number of nitrogens with one attached hydrogen (secondary N) is 1. The van der Waals surface area contributed by atoms with E-state index in [9.17, 15) is 0 Å². The second-order valence-corrected chi connectivity index (χ2v) is 8.56. The second kappa shape index (κ2) is 6.82. The van der Waals surface area contributed by atoms with Crippen LogP contribution in [-0.2, 0) is 0 Å². The standard InChI is InChI=1S/C16H34N2S/c1-8-16(9-2)12-18(11-15(5,6)19-7)14(10-17-16)13(3)4/h13-14,17H,8-12H2,1-7H3. The predicted octanol–water partition coefficient (Wildman–Crippen LogP) is 3.62. The van der Waals surface area contributed by atoms with Crippen LogP contribution < -0.4 is 5.32 Å². The third kappa shape index (κ3) is 4.37. The summed E-state index contributed by atoms with van der Waals surface area (Å²) in [4.78, 5) is 2.75. The van der Waals surface area contributed by atoms with Gasteiger partial charge in [-0.1, -0.05) is 27.7 Å². The minimum Gasteiger partial charge on any atom is -0.308 e. The number of thioether (sulfide) groups is 1. The van der Waals surface area contributed by atoms with E-state index < -0.39 is 0 Å². The van der Waals surface area contributed by atoms with Crippen LogP contribution >= 0.6 is 11.8 Å². The molecule has 0 aliphatic carbocycles. The molecule has 1 saturated heterocycles. The predicted molar refractivity (Wildman–Crippen MR) is 89.1 cm³/mol. The van der Waals surface area contributed by atoms with Gasteiger partial charge in [0.15, 0.2) is 0 Å². The van der Waals surface area contributed by atoms with Crippen LogP contribution in [0.1, 0.15) is 54.4 Å². The first-order valence-corrected chi connectivity index (χ1v) is 9.06. The molecular formula is C16H34N2S. The molecule has 1 fully saturated rings. The van der Waals surface area contributed by atoms with E-state index in [4.69, 9.17) is 0 Å². The first kappa shape index (κ1) is 17.3. The Morgan fingerprint density at radius 3 is 2.32 bits per heavy atom. The van der Waals surface area contributed by atoms with Crippen molar-refractivity contribution in [2.45, 2.75) is 70.7 Å². The summed E-state index contributed by atoms with van der Waals surface area (Å²) in [6.07, 6.45) is 4.69. The van der Waals surface area contributed by atoms with Crippen LogP contribution in [0.3, 0.4) is 0 Å². The number of hydrogen-bond acceptors (Lipinski definition) is 3. The summed E-state index contributed by atoms with van der Waals surface area (Å²) >= 11 is 1.99. The molecule has 1 aliphatic heterocycles. The molecule has 0 radical (unpaired) electrons. The molecule has 0 aromatic heterocycles. The molecular weight excluding hydrogens is 252 g/mol. The van der Waals surface area contributed by atoms with E-state index in [1.165, 1.54) is 25.9 Å². The molecule has 0 spiro atoms. The van der Waals surface area contributed by atoms with Gasteiger partial charge >= 0.3 is 0 Å². The van der Waals surface area contributed by atoms with E-state index in [1.807, 2.05) is 11.8 Å². The van der Waals surface area contributed by atoms with E-state index >= 15 is 0 Å². The third-order valence-electron chi connectivity index (χ3n) is 4.92. The summed E-state index contributed by atoms with van der Waals surface area (Å²) in [5, 5.41) is 3.85. The lowest BCUT2D eigenvalue weighted by molar-refractivity contribution is 0.0455. The number of hydrogen-bond donors (Lipinski definition) is 1. The third-order valence-corrected chi connectivity index (χ3v) is 6.15. The second-order valence-electron chi connectivity index (χ2n) is 7.05. The number of nitrogens with zero attached hydrogens (tertiary/aromatic N) is 1. The lowest BCUT2D eigenvalue weighted by atomic mass is 9.86. The van der Waals surface area contributed by atoms with Gasteiger partial charge in [-0.3, -0.25) is 4.90 Å². The molecule has 2 nitrogen and oxygen atoms in total. The van der Waals surface area contributed by atoms with Gasteiger partial charge in [0, 0.05) is 36.0 Å². The summed E-state index contributed by atoms with van der Waals surface area (Å²) in [5.41, 5.74) is 0.333. The average molecular weight is 287 g/mol. The molecule has 1 atom stereocenters. The Kier molecular flexibility index (Phi) is 6.22. The van der Waals surface area contributed by atoms with Gasteiger partial charge in [0.05, 0.1) is 0 Å². The summed E-state index contributed by atoms with van der Waals surface area (Å²) in [6.45, 7) is 17.6.